The van der Waals surface area contributed by atoms with E-state index in [2.05, 4.69) is 11.1 Å². The van der Waals surface area contributed by atoms with Gasteiger partial charge in [-0.2, -0.15) is 0 Å². The van der Waals surface area contributed by atoms with E-state index in [9.17, 15) is 4.79 Å². The molecule has 0 fully saturated rings. The molecule has 0 aromatic carbocycles. The van der Waals surface area contributed by atoms with Crippen molar-refractivity contribution in [2.75, 3.05) is 32.9 Å². The van der Waals surface area contributed by atoms with Gasteiger partial charge < -0.3 is 26.4 Å². The largest absolute Gasteiger partial charge is 0.395 e. The third-order valence-corrected chi connectivity index (χ3v) is 0.733. The van der Waals surface area contributed by atoms with Gasteiger partial charge in [0.2, 0.25) is 5.91 Å². The lowest BCUT2D eigenvalue weighted by Gasteiger charge is -1.94. The molecule has 0 aliphatic heterocycles. The van der Waals surface area contributed by atoms with Crippen LogP contribution >= 0.6 is 0 Å². The first kappa shape index (κ1) is 13.9. The maximum absolute atomic E-state index is 9.34. The zero-order valence-electron chi connectivity index (χ0n) is 6.86. The lowest BCUT2D eigenvalue weighted by atomic mass is 10.6. The fourth-order valence-electron chi connectivity index (χ4n) is 0.283. The normalized spacial score (nSPS) is 8.58. The van der Waals surface area contributed by atoms with Gasteiger partial charge in [0.15, 0.2) is 0 Å². The number of carbonyl (C=O) groups excluding carboxylic acids is 1. The van der Waals surface area contributed by atoms with E-state index in [0.717, 1.165) is 0 Å². The Morgan fingerprint density at radius 1 is 1.17 bits per heavy atom. The number of hydrogen-bond donors (Lipinski definition) is 5. The number of aliphatic hydroxyl groups is 3. The van der Waals surface area contributed by atoms with Crippen LogP contribution in [0.5, 0.6) is 0 Å². The van der Waals surface area contributed by atoms with Gasteiger partial charge in [0.1, 0.15) is 6.61 Å². The summed E-state index contributed by atoms with van der Waals surface area (Å²) in [4.78, 5) is 9.34. The smallest absolute Gasteiger partial charge is 0.243 e. The Hall–Kier alpha value is -0.690. The Labute approximate surface area is 71.0 Å². The average molecular weight is 180 g/mol. The highest BCUT2D eigenvalue weighted by Crippen LogP contribution is 1.54. The summed E-state index contributed by atoms with van der Waals surface area (Å²) in [7, 11) is 0. The summed E-state index contributed by atoms with van der Waals surface area (Å²) < 4.78 is 0. The molecule has 6 N–H and O–H groups in total. The Bertz CT molecular complexity index is 95.5. The zero-order chi connectivity index (χ0) is 9.82. The summed E-state index contributed by atoms with van der Waals surface area (Å²) in [6.07, 6.45) is 0. The SMILES string of the molecule is NC(=O)CO.OCCNCCO. The predicted molar refractivity (Wildman–Crippen MR) is 43.3 cm³/mol. The molecule has 1 amide bonds. The third-order valence-electron chi connectivity index (χ3n) is 0.733. The van der Waals surface area contributed by atoms with E-state index in [4.69, 9.17) is 15.3 Å². The maximum atomic E-state index is 9.34. The predicted octanol–water partition coefficient (Wildman–Crippen LogP) is -2.98. The number of primary amides is 1. The molecule has 0 heterocycles. The number of nitrogens with one attached hydrogen (secondary N) is 1. The van der Waals surface area contributed by atoms with Crippen LogP contribution < -0.4 is 11.1 Å². The Morgan fingerprint density at radius 2 is 1.50 bits per heavy atom. The van der Waals surface area contributed by atoms with Gasteiger partial charge >= 0.3 is 0 Å². The summed E-state index contributed by atoms with van der Waals surface area (Å²) in [5.74, 6) is -0.690. The highest BCUT2D eigenvalue weighted by molar-refractivity contribution is 5.74. The van der Waals surface area contributed by atoms with Crippen LogP contribution in [0.25, 0.3) is 0 Å². The van der Waals surface area contributed by atoms with Gasteiger partial charge in [-0.15, -0.1) is 0 Å². The summed E-state index contributed by atoms with van der Waals surface area (Å²) in [6.45, 7) is 0.862. The molecule has 0 aromatic rings. The molecule has 0 unspecified atom stereocenters. The molecule has 0 bridgehead atoms. The van der Waals surface area contributed by atoms with Crippen LogP contribution in [0.4, 0.5) is 0 Å². The van der Waals surface area contributed by atoms with E-state index in [1.807, 2.05) is 0 Å². The second kappa shape index (κ2) is 12.9. The summed E-state index contributed by atoms with van der Waals surface area (Å²) in [5, 5.41) is 26.8. The first-order valence-electron chi connectivity index (χ1n) is 3.50. The Kier molecular flexibility index (Phi) is 15.0. The van der Waals surface area contributed by atoms with Crippen LogP contribution in [0, 0.1) is 0 Å². The molecule has 0 aromatic heterocycles. The van der Waals surface area contributed by atoms with E-state index in [1.165, 1.54) is 0 Å². The molecule has 12 heavy (non-hydrogen) atoms. The molecule has 0 rings (SSSR count). The van der Waals surface area contributed by atoms with Gasteiger partial charge in [0.25, 0.3) is 0 Å². The van der Waals surface area contributed by atoms with Crippen LogP contribution in [0.1, 0.15) is 0 Å². The fourth-order valence-corrected chi connectivity index (χ4v) is 0.283. The van der Waals surface area contributed by atoms with Crippen molar-refractivity contribution in [2.24, 2.45) is 5.73 Å². The molecule has 6 heteroatoms. The van der Waals surface area contributed by atoms with Crippen molar-refractivity contribution < 1.29 is 20.1 Å². The fraction of sp³-hybridized carbons (Fsp3) is 0.833. The molecule has 74 valence electrons. The standard InChI is InChI=1S/C4H11NO2.C2H5NO2/c6-3-1-5-2-4-7;3-2(5)1-4/h5-7H,1-4H2;4H,1H2,(H2,3,5). The van der Waals surface area contributed by atoms with E-state index in [-0.39, 0.29) is 13.2 Å². The van der Waals surface area contributed by atoms with Gasteiger partial charge in [0.05, 0.1) is 13.2 Å². The monoisotopic (exact) mass is 180 g/mol. The van der Waals surface area contributed by atoms with Gasteiger partial charge in [-0.3, -0.25) is 4.79 Å². The van der Waals surface area contributed by atoms with E-state index >= 15 is 0 Å². The van der Waals surface area contributed by atoms with E-state index < -0.39 is 12.5 Å². The summed E-state index contributed by atoms with van der Waals surface area (Å²) in [6, 6.07) is 0. The molecule has 0 aliphatic rings. The van der Waals surface area contributed by atoms with Gasteiger partial charge in [-0.05, 0) is 0 Å². The van der Waals surface area contributed by atoms with Crippen molar-refractivity contribution in [3.05, 3.63) is 0 Å². The number of rotatable bonds is 5. The topological polar surface area (TPSA) is 116 Å². The molecule has 0 radical (unpaired) electrons. The van der Waals surface area contributed by atoms with Crippen LogP contribution in [0.15, 0.2) is 0 Å². The van der Waals surface area contributed by atoms with Crippen molar-refractivity contribution in [3.63, 3.8) is 0 Å². The molecule has 0 saturated carbocycles. The number of hydrogen-bond acceptors (Lipinski definition) is 5. The van der Waals surface area contributed by atoms with Crippen LogP contribution in [-0.2, 0) is 4.79 Å². The minimum atomic E-state index is -0.690. The molecule has 0 aliphatic carbocycles. The molecular formula is C6H16N2O4. The first-order valence-corrected chi connectivity index (χ1v) is 3.50. The Balaban J connectivity index is 0. The zero-order valence-corrected chi connectivity index (χ0v) is 6.86. The van der Waals surface area contributed by atoms with Gasteiger partial charge in [-0.1, -0.05) is 0 Å². The molecular weight excluding hydrogens is 164 g/mol. The lowest BCUT2D eigenvalue weighted by Crippen LogP contribution is -2.21. The number of amides is 1. The van der Waals surface area contributed by atoms with Crippen molar-refractivity contribution in [1.82, 2.24) is 5.32 Å². The highest BCUT2D eigenvalue weighted by atomic mass is 16.3. The molecule has 0 spiro atoms. The summed E-state index contributed by atoms with van der Waals surface area (Å²) >= 11 is 0. The van der Waals surface area contributed by atoms with E-state index in [1.54, 1.807) is 0 Å². The number of nitrogens with two attached hydrogens (primary N) is 1. The molecule has 0 atom stereocenters. The lowest BCUT2D eigenvalue weighted by molar-refractivity contribution is -0.120. The number of aliphatic hydroxyl groups excluding tert-OH is 3. The Morgan fingerprint density at radius 3 is 1.67 bits per heavy atom. The number of carbonyl (C=O) groups is 1. The van der Waals surface area contributed by atoms with Gasteiger partial charge in [-0.25, -0.2) is 0 Å². The molecule has 0 saturated heterocycles. The van der Waals surface area contributed by atoms with Crippen LogP contribution in [-0.4, -0.2) is 54.1 Å². The van der Waals surface area contributed by atoms with Crippen molar-refractivity contribution in [3.8, 4) is 0 Å². The van der Waals surface area contributed by atoms with Gasteiger partial charge in [0, 0.05) is 13.1 Å². The first-order chi connectivity index (χ1) is 5.68. The van der Waals surface area contributed by atoms with Crippen molar-refractivity contribution in [2.45, 2.75) is 0 Å². The van der Waals surface area contributed by atoms with E-state index in [0.29, 0.717) is 13.1 Å². The quantitative estimate of drug-likeness (QED) is 0.290. The average Bonchev–Trinajstić information content (AvgIpc) is 2.07. The van der Waals surface area contributed by atoms with Crippen LogP contribution in [0.2, 0.25) is 0 Å². The minimum absolute atomic E-state index is 0.139. The second-order valence-electron chi connectivity index (χ2n) is 1.82. The van der Waals surface area contributed by atoms with Crippen molar-refractivity contribution >= 4 is 5.91 Å². The summed E-state index contributed by atoms with van der Waals surface area (Å²) in [5.41, 5.74) is 4.40. The molecule has 6 nitrogen and oxygen atoms in total. The highest BCUT2D eigenvalue weighted by Gasteiger charge is 1.79. The minimum Gasteiger partial charge on any atom is -0.395 e. The second-order valence-corrected chi connectivity index (χ2v) is 1.82. The maximum Gasteiger partial charge on any atom is 0.243 e. The van der Waals surface area contributed by atoms with Crippen LogP contribution in [0.3, 0.4) is 0 Å². The third kappa shape index (κ3) is 22.8. The van der Waals surface area contributed by atoms with Crippen molar-refractivity contribution in [1.29, 1.82) is 0 Å².